The van der Waals surface area contributed by atoms with E-state index in [2.05, 4.69) is 5.10 Å². The van der Waals surface area contributed by atoms with E-state index >= 15 is 0 Å². The lowest BCUT2D eigenvalue weighted by Gasteiger charge is -2.33. The number of benzene rings is 1. The van der Waals surface area contributed by atoms with Crippen LogP contribution >= 0.6 is 0 Å². The zero-order chi connectivity index (χ0) is 15.7. The van der Waals surface area contributed by atoms with Crippen LogP contribution in [-0.4, -0.2) is 42.6 Å². The Labute approximate surface area is 128 Å². The van der Waals surface area contributed by atoms with Crippen LogP contribution < -0.4 is 0 Å². The third-order valence-corrected chi connectivity index (χ3v) is 5.80. The highest BCUT2D eigenvalue weighted by molar-refractivity contribution is 7.91. The molecular weight excluding hydrogens is 307 g/mol. The molecule has 2 heterocycles. The van der Waals surface area contributed by atoms with Crippen LogP contribution in [0.25, 0.3) is 0 Å². The quantitative estimate of drug-likeness (QED) is 0.832. The number of nitrogens with zero attached hydrogens (tertiary/aromatic N) is 2. The first-order valence-corrected chi connectivity index (χ1v) is 9.13. The molecule has 1 amide bonds. The van der Waals surface area contributed by atoms with E-state index < -0.39 is 9.84 Å². The van der Waals surface area contributed by atoms with Gasteiger partial charge in [-0.05, 0) is 25.0 Å². The maximum Gasteiger partial charge on any atom is 0.243 e. The first kappa shape index (κ1) is 15.1. The summed E-state index contributed by atoms with van der Waals surface area (Å²) in [5, 5.41) is 5.80. The van der Waals surface area contributed by atoms with Crippen molar-refractivity contribution in [2.24, 2.45) is 5.10 Å². The molecule has 2 aliphatic heterocycles. The Balaban J connectivity index is 1.84. The zero-order valence-corrected chi connectivity index (χ0v) is 12.9. The third kappa shape index (κ3) is 3.19. The van der Waals surface area contributed by atoms with Crippen LogP contribution in [0.15, 0.2) is 29.4 Å². The van der Waals surface area contributed by atoms with Gasteiger partial charge in [-0.1, -0.05) is 12.1 Å². The summed E-state index contributed by atoms with van der Waals surface area (Å²) in [7, 11) is -2.98. The number of amides is 1. The van der Waals surface area contributed by atoms with E-state index in [1.807, 2.05) is 0 Å². The van der Waals surface area contributed by atoms with E-state index in [0.29, 0.717) is 37.0 Å². The zero-order valence-electron chi connectivity index (χ0n) is 12.0. The molecule has 0 aromatic heterocycles. The number of hydrogen-bond donors (Lipinski definition) is 0. The van der Waals surface area contributed by atoms with E-state index in [-0.39, 0.29) is 29.3 Å². The topological polar surface area (TPSA) is 66.8 Å². The molecule has 0 spiro atoms. The molecule has 0 bridgehead atoms. The summed E-state index contributed by atoms with van der Waals surface area (Å²) in [5.41, 5.74) is 1.34. The molecule has 1 aromatic rings. The van der Waals surface area contributed by atoms with Crippen molar-refractivity contribution in [1.29, 1.82) is 0 Å². The van der Waals surface area contributed by atoms with Crippen molar-refractivity contribution in [2.45, 2.75) is 31.7 Å². The van der Waals surface area contributed by atoms with E-state index in [1.54, 1.807) is 12.1 Å². The van der Waals surface area contributed by atoms with Crippen molar-refractivity contribution >= 4 is 21.5 Å². The van der Waals surface area contributed by atoms with E-state index in [9.17, 15) is 17.6 Å². The first-order chi connectivity index (χ1) is 10.4. The average molecular weight is 324 g/mol. The highest BCUT2D eigenvalue weighted by Crippen LogP contribution is 2.24. The molecule has 0 N–H and O–H groups in total. The minimum Gasteiger partial charge on any atom is -0.273 e. The molecule has 2 aliphatic rings. The van der Waals surface area contributed by atoms with Gasteiger partial charge in [0.05, 0.1) is 23.3 Å². The summed E-state index contributed by atoms with van der Waals surface area (Å²) in [5.74, 6) is -0.254. The molecular formula is C15H17FN2O3S. The van der Waals surface area contributed by atoms with Crippen molar-refractivity contribution in [3.8, 4) is 0 Å². The monoisotopic (exact) mass is 324 g/mol. The van der Waals surface area contributed by atoms with Crippen molar-refractivity contribution < 1.29 is 17.6 Å². The van der Waals surface area contributed by atoms with Crippen LogP contribution in [-0.2, 0) is 14.6 Å². The van der Waals surface area contributed by atoms with Crippen LogP contribution in [0.2, 0.25) is 0 Å². The molecule has 0 atom stereocenters. The van der Waals surface area contributed by atoms with Gasteiger partial charge in [0.25, 0.3) is 0 Å². The first-order valence-electron chi connectivity index (χ1n) is 7.30. The fourth-order valence-electron chi connectivity index (χ4n) is 2.85. The lowest BCUT2D eigenvalue weighted by Crippen LogP contribution is -2.44. The smallest absolute Gasteiger partial charge is 0.243 e. The van der Waals surface area contributed by atoms with Gasteiger partial charge in [0.1, 0.15) is 15.7 Å². The number of hydrogen-bond acceptors (Lipinski definition) is 4. The number of hydrazone groups is 1. The predicted molar refractivity (Wildman–Crippen MR) is 80.7 cm³/mol. The van der Waals surface area contributed by atoms with Gasteiger partial charge >= 0.3 is 0 Å². The molecule has 7 heteroatoms. The maximum atomic E-state index is 13.3. The van der Waals surface area contributed by atoms with Crippen LogP contribution in [0.5, 0.6) is 0 Å². The van der Waals surface area contributed by atoms with E-state index in [0.717, 1.165) is 0 Å². The molecule has 5 nitrogen and oxygen atoms in total. The van der Waals surface area contributed by atoms with Crippen LogP contribution in [0.1, 0.15) is 31.2 Å². The van der Waals surface area contributed by atoms with Crippen LogP contribution in [0.4, 0.5) is 4.39 Å². The maximum absolute atomic E-state index is 13.3. The number of carbonyl (C=O) groups is 1. The summed E-state index contributed by atoms with van der Waals surface area (Å²) in [6.45, 7) is 0. The normalized spacial score (nSPS) is 22.5. The standard InChI is InChI=1S/C15H17FN2O3S/c16-12-3-1-2-11(10-12)14-4-5-15(19)18(17-14)13-6-8-22(20,21)9-7-13/h1-3,10,13H,4-9H2. The second-order valence-electron chi connectivity index (χ2n) is 5.68. The molecule has 3 rings (SSSR count). The van der Waals surface area contributed by atoms with Gasteiger partial charge in [0.2, 0.25) is 5.91 Å². The SMILES string of the molecule is O=C1CCC(c2cccc(F)c2)=NN1C1CCS(=O)(=O)CC1. The lowest BCUT2D eigenvalue weighted by atomic mass is 10.0. The van der Waals surface area contributed by atoms with E-state index in [1.165, 1.54) is 17.1 Å². The predicted octanol–water partition coefficient (Wildman–Crippen LogP) is 1.73. The van der Waals surface area contributed by atoms with Gasteiger partial charge in [-0.2, -0.15) is 5.10 Å². The number of halogens is 1. The minimum absolute atomic E-state index is 0.0895. The average Bonchev–Trinajstić information content (AvgIpc) is 2.48. The third-order valence-electron chi connectivity index (χ3n) is 4.09. The lowest BCUT2D eigenvalue weighted by molar-refractivity contribution is -0.134. The van der Waals surface area contributed by atoms with Crippen molar-refractivity contribution in [1.82, 2.24) is 5.01 Å². The largest absolute Gasteiger partial charge is 0.273 e. The summed E-state index contributed by atoms with van der Waals surface area (Å²) in [4.78, 5) is 12.1. The molecule has 0 unspecified atom stereocenters. The van der Waals surface area contributed by atoms with Gasteiger partial charge in [0.15, 0.2) is 0 Å². The Morgan fingerprint density at radius 2 is 1.91 bits per heavy atom. The van der Waals surface area contributed by atoms with E-state index in [4.69, 9.17) is 0 Å². The minimum atomic E-state index is -2.98. The molecule has 1 saturated heterocycles. The second kappa shape index (κ2) is 5.79. The number of rotatable bonds is 2. The molecule has 0 radical (unpaired) electrons. The summed E-state index contributed by atoms with van der Waals surface area (Å²) in [6.07, 6.45) is 1.62. The van der Waals surface area contributed by atoms with Crippen molar-refractivity contribution in [2.75, 3.05) is 11.5 Å². The van der Waals surface area contributed by atoms with Crippen LogP contribution in [0, 0.1) is 5.82 Å². The van der Waals surface area contributed by atoms with Gasteiger partial charge in [-0.3, -0.25) is 4.79 Å². The van der Waals surface area contributed by atoms with Gasteiger partial charge in [0, 0.05) is 18.4 Å². The fraction of sp³-hybridized carbons (Fsp3) is 0.467. The second-order valence-corrected chi connectivity index (χ2v) is 7.98. The molecule has 22 heavy (non-hydrogen) atoms. The Morgan fingerprint density at radius 3 is 2.59 bits per heavy atom. The Hall–Kier alpha value is -1.76. The Kier molecular flexibility index (Phi) is 3.99. The van der Waals surface area contributed by atoms with Crippen molar-refractivity contribution in [3.05, 3.63) is 35.6 Å². The highest BCUT2D eigenvalue weighted by Gasteiger charge is 2.33. The number of sulfone groups is 1. The molecule has 0 saturated carbocycles. The van der Waals surface area contributed by atoms with Gasteiger partial charge in [-0.15, -0.1) is 0 Å². The fourth-order valence-corrected chi connectivity index (χ4v) is 4.32. The molecule has 1 aromatic carbocycles. The molecule has 118 valence electrons. The summed E-state index contributed by atoms with van der Waals surface area (Å²) in [6, 6.07) is 5.96. The summed E-state index contributed by atoms with van der Waals surface area (Å²) < 4.78 is 36.3. The Bertz CT molecular complexity index is 716. The van der Waals surface area contributed by atoms with Gasteiger partial charge < -0.3 is 0 Å². The molecule has 1 fully saturated rings. The summed E-state index contributed by atoms with van der Waals surface area (Å²) >= 11 is 0. The molecule has 0 aliphatic carbocycles. The number of carbonyl (C=O) groups excluding carboxylic acids is 1. The Morgan fingerprint density at radius 1 is 1.18 bits per heavy atom. The highest BCUT2D eigenvalue weighted by atomic mass is 32.2. The van der Waals surface area contributed by atoms with Crippen LogP contribution in [0.3, 0.4) is 0 Å². The van der Waals surface area contributed by atoms with Crippen molar-refractivity contribution in [3.63, 3.8) is 0 Å². The van der Waals surface area contributed by atoms with Gasteiger partial charge in [-0.25, -0.2) is 17.8 Å².